The Balaban J connectivity index is 0.00000112. The fourth-order valence-corrected chi connectivity index (χ4v) is 1.59. The minimum absolute atomic E-state index is 0. The standard InChI is InChI=1S/C10H13N3O.ClH/c11-4-8-5-13(6-8)10-3-1-2-9(7-14)12-10;/h1-3,7-8H,4-6,11H2;1H. The zero-order valence-corrected chi connectivity index (χ0v) is 9.11. The van der Waals surface area contributed by atoms with Crippen molar-refractivity contribution < 1.29 is 4.79 Å². The van der Waals surface area contributed by atoms with E-state index in [1.165, 1.54) is 0 Å². The van der Waals surface area contributed by atoms with E-state index in [0.29, 0.717) is 11.6 Å². The Morgan fingerprint density at radius 2 is 2.27 bits per heavy atom. The first-order valence-corrected chi connectivity index (χ1v) is 4.70. The van der Waals surface area contributed by atoms with Crippen LogP contribution in [0, 0.1) is 5.92 Å². The third-order valence-corrected chi connectivity index (χ3v) is 2.49. The molecule has 1 saturated heterocycles. The van der Waals surface area contributed by atoms with Crippen LogP contribution >= 0.6 is 12.4 Å². The van der Waals surface area contributed by atoms with Crippen molar-refractivity contribution in [1.29, 1.82) is 0 Å². The molecule has 1 aromatic heterocycles. The lowest BCUT2D eigenvalue weighted by molar-refractivity contribution is 0.111. The van der Waals surface area contributed by atoms with Crippen molar-refractivity contribution in [3.63, 3.8) is 0 Å². The first kappa shape index (κ1) is 11.9. The summed E-state index contributed by atoms with van der Waals surface area (Å²) in [5.41, 5.74) is 6.01. The van der Waals surface area contributed by atoms with Crippen molar-refractivity contribution >= 4 is 24.5 Å². The molecule has 0 atom stereocenters. The van der Waals surface area contributed by atoms with Gasteiger partial charge < -0.3 is 10.6 Å². The summed E-state index contributed by atoms with van der Waals surface area (Å²) in [7, 11) is 0. The Kier molecular flexibility index (Phi) is 4.05. The second-order valence-electron chi connectivity index (χ2n) is 3.55. The Morgan fingerprint density at radius 3 is 2.87 bits per heavy atom. The van der Waals surface area contributed by atoms with Crippen LogP contribution in [-0.4, -0.2) is 30.9 Å². The van der Waals surface area contributed by atoms with E-state index in [0.717, 1.165) is 31.7 Å². The normalized spacial score (nSPS) is 15.4. The van der Waals surface area contributed by atoms with Crippen LogP contribution in [0.25, 0.3) is 0 Å². The van der Waals surface area contributed by atoms with Gasteiger partial charge in [-0.3, -0.25) is 4.79 Å². The molecule has 2 heterocycles. The van der Waals surface area contributed by atoms with Crippen molar-refractivity contribution in [2.45, 2.75) is 0 Å². The van der Waals surface area contributed by atoms with Gasteiger partial charge in [0.2, 0.25) is 0 Å². The molecule has 1 aromatic rings. The predicted octanol–water partition coefficient (Wildman–Crippen LogP) is 0.711. The molecule has 1 fully saturated rings. The highest BCUT2D eigenvalue weighted by molar-refractivity contribution is 5.85. The number of halogens is 1. The molecule has 1 aliphatic heterocycles. The maximum absolute atomic E-state index is 10.5. The summed E-state index contributed by atoms with van der Waals surface area (Å²) in [6, 6.07) is 5.47. The molecule has 1 aliphatic rings. The van der Waals surface area contributed by atoms with Crippen LogP contribution in [0.3, 0.4) is 0 Å². The lowest BCUT2D eigenvalue weighted by Gasteiger charge is -2.39. The van der Waals surface area contributed by atoms with Gasteiger partial charge in [-0.05, 0) is 18.7 Å². The lowest BCUT2D eigenvalue weighted by atomic mass is 10.0. The molecule has 0 radical (unpaired) electrons. The van der Waals surface area contributed by atoms with E-state index in [1.807, 2.05) is 12.1 Å². The number of hydrogen-bond donors (Lipinski definition) is 1. The highest BCUT2D eigenvalue weighted by Crippen LogP contribution is 2.21. The molecule has 82 valence electrons. The van der Waals surface area contributed by atoms with E-state index < -0.39 is 0 Å². The van der Waals surface area contributed by atoms with Crippen molar-refractivity contribution in [3.8, 4) is 0 Å². The zero-order chi connectivity index (χ0) is 9.97. The smallest absolute Gasteiger partial charge is 0.168 e. The Bertz CT molecular complexity index is 339. The summed E-state index contributed by atoms with van der Waals surface area (Å²) >= 11 is 0. The molecular weight excluding hydrogens is 214 g/mol. The summed E-state index contributed by atoms with van der Waals surface area (Å²) in [6.45, 7) is 2.63. The molecule has 5 heteroatoms. The highest BCUT2D eigenvalue weighted by Gasteiger charge is 2.26. The van der Waals surface area contributed by atoms with Gasteiger partial charge in [0, 0.05) is 19.0 Å². The van der Waals surface area contributed by atoms with Crippen LogP contribution < -0.4 is 10.6 Å². The minimum Gasteiger partial charge on any atom is -0.356 e. The average Bonchev–Trinajstić information content (AvgIpc) is 2.17. The third kappa shape index (κ3) is 2.46. The molecular formula is C10H14ClN3O. The number of anilines is 1. The monoisotopic (exact) mass is 227 g/mol. The van der Waals surface area contributed by atoms with Crippen LogP contribution in [0.4, 0.5) is 5.82 Å². The fourth-order valence-electron chi connectivity index (χ4n) is 1.59. The number of hydrogen-bond acceptors (Lipinski definition) is 4. The van der Waals surface area contributed by atoms with Crippen LogP contribution in [-0.2, 0) is 0 Å². The number of aldehydes is 1. The van der Waals surface area contributed by atoms with Crippen molar-refractivity contribution in [1.82, 2.24) is 4.98 Å². The molecule has 15 heavy (non-hydrogen) atoms. The van der Waals surface area contributed by atoms with Gasteiger partial charge in [0.05, 0.1) is 0 Å². The van der Waals surface area contributed by atoms with Crippen LogP contribution in [0.1, 0.15) is 10.5 Å². The summed E-state index contributed by atoms with van der Waals surface area (Å²) in [5.74, 6) is 1.45. The third-order valence-electron chi connectivity index (χ3n) is 2.49. The summed E-state index contributed by atoms with van der Waals surface area (Å²) in [5, 5.41) is 0. The van der Waals surface area contributed by atoms with Crippen molar-refractivity contribution in [2.24, 2.45) is 11.7 Å². The van der Waals surface area contributed by atoms with Gasteiger partial charge in [0.15, 0.2) is 6.29 Å². The van der Waals surface area contributed by atoms with Crippen molar-refractivity contribution in [2.75, 3.05) is 24.5 Å². The minimum atomic E-state index is 0. The maximum Gasteiger partial charge on any atom is 0.168 e. The van der Waals surface area contributed by atoms with Crippen LogP contribution in [0.2, 0.25) is 0 Å². The molecule has 2 rings (SSSR count). The number of pyridine rings is 1. The number of nitrogens with two attached hydrogens (primary N) is 1. The predicted molar refractivity (Wildman–Crippen MR) is 61.6 cm³/mol. The molecule has 0 saturated carbocycles. The summed E-state index contributed by atoms with van der Waals surface area (Å²) in [4.78, 5) is 16.8. The molecule has 2 N–H and O–H groups in total. The second kappa shape index (κ2) is 5.09. The van der Waals surface area contributed by atoms with Gasteiger partial charge in [-0.2, -0.15) is 0 Å². The number of nitrogens with zero attached hydrogens (tertiary/aromatic N) is 2. The van der Waals surface area contributed by atoms with Gasteiger partial charge in [0.1, 0.15) is 11.5 Å². The molecule has 0 amide bonds. The summed E-state index contributed by atoms with van der Waals surface area (Å²) < 4.78 is 0. The van der Waals surface area contributed by atoms with Crippen LogP contribution in [0.5, 0.6) is 0 Å². The fraction of sp³-hybridized carbons (Fsp3) is 0.400. The zero-order valence-electron chi connectivity index (χ0n) is 8.30. The number of rotatable bonds is 3. The first-order chi connectivity index (χ1) is 6.83. The molecule has 0 aliphatic carbocycles. The maximum atomic E-state index is 10.5. The number of carbonyl (C=O) groups is 1. The molecule has 0 unspecified atom stereocenters. The van der Waals surface area contributed by atoms with E-state index in [9.17, 15) is 4.79 Å². The van der Waals surface area contributed by atoms with E-state index in [4.69, 9.17) is 5.73 Å². The molecule has 4 nitrogen and oxygen atoms in total. The second-order valence-corrected chi connectivity index (χ2v) is 3.55. The Hall–Kier alpha value is -1.13. The number of carbonyl (C=O) groups excluding carboxylic acids is 1. The lowest BCUT2D eigenvalue weighted by Crippen LogP contribution is -2.50. The van der Waals surface area contributed by atoms with E-state index in [2.05, 4.69) is 9.88 Å². The van der Waals surface area contributed by atoms with E-state index >= 15 is 0 Å². The highest BCUT2D eigenvalue weighted by atomic mass is 35.5. The Labute approximate surface area is 94.9 Å². The Morgan fingerprint density at radius 1 is 1.53 bits per heavy atom. The largest absolute Gasteiger partial charge is 0.356 e. The molecule has 0 bridgehead atoms. The quantitative estimate of drug-likeness (QED) is 0.773. The van der Waals surface area contributed by atoms with Crippen LogP contribution in [0.15, 0.2) is 18.2 Å². The first-order valence-electron chi connectivity index (χ1n) is 4.70. The molecule has 0 aromatic carbocycles. The van der Waals surface area contributed by atoms with Crippen molar-refractivity contribution in [3.05, 3.63) is 23.9 Å². The number of aromatic nitrogens is 1. The molecule has 0 spiro atoms. The van der Waals surface area contributed by atoms with Gasteiger partial charge >= 0.3 is 0 Å². The van der Waals surface area contributed by atoms with Gasteiger partial charge in [-0.1, -0.05) is 6.07 Å². The van der Waals surface area contributed by atoms with E-state index in [-0.39, 0.29) is 12.4 Å². The average molecular weight is 228 g/mol. The van der Waals surface area contributed by atoms with Gasteiger partial charge in [-0.15, -0.1) is 12.4 Å². The van der Waals surface area contributed by atoms with E-state index in [1.54, 1.807) is 6.07 Å². The topological polar surface area (TPSA) is 59.2 Å². The van der Waals surface area contributed by atoms with Gasteiger partial charge in [0.25, 0.3) is 0 Å². The SMILES string of the molecule is Cl.NCC1CN(c2cccc(C=O)n2)C1. The summed E-state index contributed by atoms with van der Waals surface area (Å²) in [6.07, 6.45) is 0.768. The van der Waals surface area contributed by atoms with Gasteiger partial charge in [-0.25, -0.2) is 4.98 Å².